The third-order valence-corrected chi connectivity index (χ3v) is 2.87. The Kier molecular flexibility index (Phi) is 4.60. The van der Waals surface area contributed by atoms with Gasteiger partial charge in [0.25, 0.3) is 0 Å². The average molecular weight is 270 g/mol. The molecule has 0 unspecified atom stereocenters. The summed E-state index contributed by atoms with van der Waals surface area (Å²) >= 11 is 0. The van der Waals surface area contributed by atoms with Crippen LogP contribution in [0.3, 0.4) is 0 Å². The molecular weight excluding hydrogens is 252 g/mol. The number of nitrogens with one attached hydrogen (secondary N) is 1. The minimum Gasteiger partial charge on any atom is -0.493 e. The van der Waals surface area contributed by atoms with Crippen LogP contribution in [-0.4, -0.2) is 20.4 Å². The van der Waals surface area contributed by atoms with Crippen molar-refractivity contribution in [1.82, 2.24) is 0 Å². The standard InChI is InChI=1S/C16H18N2O2/c1-12-4-7-14(8-5-12)18-17-11-13-6-9-15(19-2)16(10-13)20-3/h4-11,18H,1-3H3. The Balaban J connectivity index is 2.05. The van der Waals surface area contributed by atoms with Crippen LogP contribution in [0, 0.1) is 6.92 Å². The molecule has 4 nitrogen and oxygen atoms in total. The van der Waals surface area contributed by atoms with Crippen LogP contribution in [0.1, 0.15) is 11.1 Å². The highest BCUT2D eigenvalue weighted by molar-refractivity contribution is 5.81. The lowest BCUT2D eigenvalue weighted by molar-refractivity contribution is 0.355. The van der Waals surface area contributed by atoms with E-state index in [2.05, 4.69) is 17.5 Å². The van der Waals surface area contributed by atoms with Crippen molar-refractivity contribution in [2.75, 3.05) is 19.6 Å². The van der Waals surface area contributed by atoms with Crippen LogP contribution < -0.4 is 14.9 Å². The number of nitrogens with zero attached hydrogens (tertiary/aromatic N) is 1. The number of hydrogen-bond acceptors (Lipinski definition) is 4. The Labute approximate surface area is 119 Å². The predicted molar refractivity (Wildman–Crippen MR) is 81.9 cm³/mol. The van der Waals surface area contributed by atoms with E-state index in [1.54, 1.807) is 20.4 Å². The number of hydrogen-bond donors (Lipinski definition) is 1. The summed E-state index contributed by atoms with van der Waals surface area (Å²) < 4.78 is 10.4. The molecule has 0 spiro atoms. The molecule has 20 heavy (non-hydrogen) atoms. The summed E-state index contributed by atoms with van der Waals surface area (Å²) in [4.78, 5) is 0. The molecule has 0 aliphatic heterocycles. The molecule has 1 N–H and O–H groups in total. The van der Waals surface area contributed by atoms with Crippen LogP contribution in [0.5, 0.6) is 11.5 Å². The van der Waals surface area contributed by atoms with Crippen molar-refractivity contribution in [2.24, 2.45) is 5.10 Å². The summed E-state index contributed by atoms with van der Waals surface area (Å²) in [5.41, 5.74) is 6.09. The van der Waals surface area contributed by atoms with Gasteiger partial charge in [0.15, 0.2) is 11.5 Å². The van der Waals surface area contributed by atoms with Gasteiger partial charge < -0.3 is 9.47 Å². The first-order valence-corrected chi connectivity index (χ1v) is 6.30. The van der Waals surface area contributed by atoms with Gasteiger partial charge in [-0.2, -0.15) is 5.10 Å². The Morgan fingerprint density at radius 1 is 0.950 bits per heavy atom. The molecule has 2 aromatic rings. The lowest BCUT2D eigenvalue weighted by Gasteiger charge is -2.07. The van der Waals surface area contributed by atoms with Gasteiger partial charge in [-0.15, -0.1) is 0 Å². The fraction of sp³-hybridized carbons (Fsp3) is 0.188. The van der Waals surface area contributed by atoms with Gasteiger partial charge >= 0.3 is 0 Å². The average Bonchev–Trinajstić information content (AvgIpc) is 2.49. The Morgan fingerprint density at radius 2 is 1.65 bits per heavy atom. The van der Waals surface area contributed by atoms with Crippen LogP contribution >= 0.6 is 0 Å². The van der Waals surface area contributed by atoms with Gasteiger partial charge in [0.2, 0.25) is 0 Å². The summed E-state index contributed by atoms with van der Waals surface area (Å²) in [6.07, 6.45) is 1.74. The lowest BCUT2D eigenvalue weighted by Crippen LogP contribution is -1.94. The lowest BCUT2D eigenvalue weighted by atomic mass is 10.2. The minimum absolute atomic E-state index is 0.687. The molecule has 0 aromatic heterocycles. The summed E-state index contributed by atoms with van der Waals surface area (Å²) in [5.74, 6) is 1.39. The predicted octanol–water partition coefficient (Wildman–Crippen LogP) is 3.46. The van der Waals surface area contributed by atoms with Crippen LogP contribution in [0.25, 0.3) is 0 Å². The molecule has 2 aromatic carbocycles. The highest BCUT2D eigenvalue weighted by atomic mass is 16.5. The molecule has 0 saturated carbocycles. The van der Waals surface area contributed by atoms with E-state index < -0.39 is 0 Å². The second kappa shape index (κ2) is 6.61. The normalized spacial score (nSPS) is 10.6. The first-order chi connectivity index (χ1) is 9.72. The third-order valence-electron chi connectivity index (χ3n) is 2.87. The van der Waals surface area contributed by atoms with E-state index in [1.165, 1.54) is 5.56 Å². The van der Waals surface area contributed by atoms with E-state index >= 15 is 0 Å². The number of anilines is 1. The van der Waals surface area contributed by atoms with Crippen molar-refractivity contribution in [2.45, 2.75) is 6.92 Å². The fourth-order valence-corrected chi connectivity index (χ4v) is 1.74. The van der Waals surface area contributed by atoms with E-state index in [9.17, 15) is 0 Å². The molecule has 0 aliphatic rings. The van der Waals surface area contributed by atoms with Crippen molar-refractivity contribution in [3.05, 3.63) is 53.6 Å². The maximum atomic E-state index is 5.25. The van der Waals surface area contributed by atoms with Gasteiger partial charge in [0.1, 0.15) is 0 Å². The van der Waals surface area contributed by atoms with E-state index in [0.717, 1.165) is 11.3 Å². The molecule has 2 rings (SSSR count). The second-order valence-corrected chi connectivity index (χ2v) is 4.35. The number of hydrazone groups is 1. The van der Waals surface area contributed by atoms with Crippen molar-refractivity contribution < 1.29 is 9.47 Å². The Hall–Kier alpha value is -2.49. The summed E-state index contributed by atoms with van der Waals surface area (Å²) in [5, 5.41) is 4.20. The quantitative estimate of drug-likeness (QED) is 0.668. The topological polar surface area (TPSA) is 42.8 Å². The highest BCUT2D eigenvalue weighted by Crippen LogP contribution is 2.26. The summed E-state index contributed by atoms with van der Waals surface area (Å²) in [6.45, 7) is 2.05. The van der Waals surface area contributed by atoms with Crippen LogP contribution in [0.2, 0.25) is 0 Å². The molecule has 0 heterocycles. The van der Waals surface area contributed by atoms with Gasteiger partial charge in [0, 0.05) is 0 Å². The number of methoxy groups -OCH3 is 2. The minimum atomic E-state index is 0.687. The van der Waals surface area contributed by atoms with Crippen LogP contribution in [-0.2, 0) is 0 Å². The molecular formula is C16H18N2O2. The smallest absolute Gasteiger partial charge is 0.161 e. The Bertz CT molecular complexity index is 592. The van der Waals surface area contributed by atoms with E-state index in [1.807, 2.05) is 42.5 Å². The number of aryl methyl sites for hydroxylation is 1. The summed E-state index contributed by atoms with van der Waals surface area (Å²) in [7, 11) is 3.23. The van der Waals surface area contributed by atoms with Crippen molar-refractivity contribution in [3.8, 4) is 11.5 Å². The number of rotatable bonds is 5. The van der Waals surface area contributed by atoms with Crippen LogP contribution in [0.15, 0.2) is 47.6 Å². The van der Waals surface area contributed by atoms with Gasteiger partial charge in [-0.3, -0.25) is 5.43 Å². The van der Waals surface area contributed by atoms with Gasteiger partial charge in [-0.1, -0.05) is 17.7 Å². The zero-order chi connectivity index (χ0) is 14.4. The maximum absolute atomic E-state index is 5.25. The molecule has 0 bridgehead atoms. The highest BCUT2D eigenvalue weighted by Gasteiger charge is 2.02. The molecule has 0 fully saturated rings. The zero-order valence-electron chi connectivity index (χ0n) is 11.9. The number of benzene rings is 2. The fourth-order valence-electron chi connectivity index (χ4n) is 1.74. The van der Waals surface area contributed by atoms with Crippen molar-refractivity contribution in [1.29, 1.82) is 0 Å². The number of ether oxygens (including phenoxy) is 2. The second-order valence-electron chi connectivity index (χ2n) is 4.35. The zero-order valence-corrected chi connectivity index (χ0v) is 11.9. The molecule has 0 saturated heterocycles. The van der Waals surface area contributed by atoms with Crippen molar-refractivity contribution in [3.63, 3.8) is 0 Å². The van der Waals surface area contributed by atoms with Crippen LogP contribution in [0.4, 0.5) is 5.69 Å². The monoisotopic (exact) mass is 270 g/mol. The molecule has 4 heteroatoms. The first-order valence-electron chi connectivity index (χ1n) is 6.30. The van der Waals surface area contributed by atoms with Gasteiger partial charge in [0.05, 0.1) is 26.1 Å². The Morgan fingerprint density at radius 3 is 2.30 bits per heavy atom. The van der Waals surface area contributed by atoms with E-state index in [0.29, 0.717) is 11.5 Å². The van der Waals surface area contributed by atoms with Gasteiger partial charge in [-0.05, 0) is 42.8 Å². The molecule has 0 atom stereocenters. The maximum Gasteiger partial charge on any atom is 0.161 e. The van der Waals surface area contributed by atoms with E-state index in [4.69, 9.17) is 9.47 Å². The molecule has 0 radical (unpaired) electrons. The molecule has 0 aliphatic carbocycles. The largest absolute Gasteiger partial charge is 0.493 e. The third kappa shape index (κ3) is 3.51. The first kappa shape index (κ1) is 13.9. The van der Waals surface area contributed by atoms with Crippen molar-refractivity contribution >= 4 is 11.9 Å². The molecule has 104 valence electrons. The summed E-state index contributed by atoms with van der Waals surface area (Å²) in [6, 6.07) is 13.7. The molecule has 0 amide bonds. The van der Waals surface area contributed by atoms with E-state index in [-0.39, 0.29) is 0 Å². The van der Waals surface area contributed by atoms with Gasteiger partial charge in [-0.25, -0.2) is 0 Å². The SMILES string of the molecule is COc1ccc(C=NNc2ccc(C)cc2)cc1OC.